The molecule has 54 heavy (non-hydrogen) atoms. The molecule has 2 aromatic heterocycles. The van der Waals surface area contributed by atoms with Gasteiger partial charge in [-0.05, 0) is 72.9 Å². The summed E-state index contributed by atoms with van der Waals surface area (Å²) in [6, 6.07) is 18.2. The third-order valence-corrected chi connectivity index (χ3v) is 13.6. The Morgan fingerprint density at radius 1 is 0.611 bits per heavy atom. The van der Waals surface area contributed by atoms with Crippen molar-refractivity contribution in [2.24, 2.45) is 0 Å². The number of rotatable bonds is 8. The maximum absolute atomic E-state index is 8.09. The quantitative estimate of drug-likeness (QED) is 0.213. The fraction of sp³-hybridized carbons (Fsp3) is 0.439. The van der Waals surface area contributed by atoms with Crippen molar-refractivity contribution in [2.45, 2.75) is 48.6 Å². The van der Waals surface area contributed by atoms with Crippen LogP contribution in [0, 0.1) is 9.56 Å². The fourth-order valence-corrected chi connectivity index (χ4v) is 8.71. The van der Waals surface area contributed by atoms with Gasteiger partial charge in [-0.25, -0.2) is 15.0 Å². The molecule has 2 saturated heterocycles. The summed E-state index contributed by atoms with van der Waals surface area (Å²) in [5.41, 5.74) is 5.31. The van der Waals surface area contributed by atoms with Crippen LogP contribution in [0.1, 0.15) is 48.2 Å². The van der Waals surface area contributed by atoms with Crippen molar-refractivity contribution >= 4 is 42.3 Å². The number of piperazine rings is 2. The lowest BCUT2D eigenvalue weighted by Crippen LogP contribution is -2.47. The van der Waals surface area contributed by atoms with E-state index < -0.39 is 18.8 Å². The molecule has 4 unspecified atom stereocenters. The van der Waals surface area contributed by atoms with Crippen molar-refractivity contribution in [3.8, 4) is 11.5 Å². The van der Waals surface area contributed by atoms with Crippen molar-refractivity contribution in [3.63, 3.8) is 0 Å². The summed E-state index contributed by atoms with van der Waals surface area (Å²) in [5.74, 6) is 11.7. The van der Waals surface area contributed by atoms with Gasteiger partial charge in [-0.15, -0.1) is 18.8 Å². The highest BCUT2D eigenvalue weighted by Gasteiger charge is 2.26. The topological polar surface area (TPSA) is 118 Å². The summed E-state index contributed by atoms with van der Waals surface area (Å²) in [4.78, 5) is 24.9. The van der Waals surface area contributed by atoms with E-state index in [0.29, 0.717) is 12.1 Å². The zero-order valence-electron chi connectivity index (χ0n) is 32.2. The molecule has 6 heterocycles. The van der Waals surface area contributed by atoms with Crippen LogP contribution in [0.25, 0.3) is 0 Å². The highest BCUT2D eigenvalue weighted by molar-refractivity contribution is 8.00. The molecule has 4 atom stereocenters. The Kier molecular flexibility index (Phi) is 11.2. The van der Waals surface area contributed by atoms with Gasteiger partial charge in [0.25, 0.3) is 0 Å². The Labute approximate surface area is 322 Å². The molecule has 0 aliphatic carbocycles. The third kappa shape index (κ3) is 8.70. The molecule has 2 aromatic carbocycles. The molecule has 11 nitrogen and oxygen atoms in total. The first kappa shape index (κ1) is 38.1. The Balaban J connectivity index is 0.000000167. The summed E-state index contributed by atoms with van der Waals surface area (Å²) in [7, 11) is -3.47. The SMILES string of the molecule is C=S(C)(=N)c1ccc(N2CCN(C(C)c3ccc4c(c3)OCC4)CC2)nc1.C=S(C)(=N)c1cnc(N2CCN(C(C)c3ccc4c(c3)OCC4)CC2)nc1. The lowest BCUT2D eigenvalue weighted by Gasteiger charge is -2.38. The van der Waals surface area contributed by atoms with Crippen molar-refractivity contribution < 1.29 is 9.47 Å². The minimum absolute atomic E-state index is 0.365. The zero-order chi connectivity index (χ0) is 38.0. The van der Waals surface area contributed by atoms with Gasteiger partial charge >= 0.3 is 0 Å². The molecule has 0 saturated carbocycles. The minimum Gasteiger partial charge on any atom is -0.493 e. The number of hydrogen-bond donors (Lipinski definition) is 2. The molecule has 4 aliphatic rings. The van der Waals surface area contributed by atoms with Crippen molar-refractivity contribution in [1.29, 1.82) is 9.56 Å². The summed E-state index contributed by atoms with van der Waals surface area (Å²) >= 11 is 0. The van der Waals surface area contributed by atoms with Crippen LogP contribution in [-0.2, 0) is 31.7 Å². The average molecular weight is 770 g/mol. The number of anilines is 2. The molecular weight excluding hydrogens is 715 g/mol. The van der Waals surface area contributed by atoms with Crippen LogP contribution in [0.4, 0.5) is 11.8 Å². The monoisotopic (exact) mass is 769 g/mol. The van der Waals surface area contributed by atoms with E-state index in [0.717, 1.165) is 111 Å². The minimum atomic E-state index is -1.77. The van der Waals surface area contributed by atoms with Crippen molar-refractivity contribution in [2.75, 3.05) is 87.9 Å². The highest BCUT2D eigenvalue weighted by atomic mass is 32.2. The van der Waals surface area contributed by atoms with Crippen LogP contribution in [-0.4, -0.2) is 115 Å². The number of aromatic nitrogens is 3. The van der Waals surface area contributed by atoms with Gasteiger partial charge in [-0.1, -0.05) is 36.0 Å². The van der Waals surface area contributed by atoms with Crippen LogP contribution in [0.15, 0.2) is 76.9 Å². The maximum Gasteiger partial charge on any atom is 0.225 e. The molecule has 0 amide bonds. The van der Waals surface area contributed by atoms with E-state index in [1.807, 2.05) is 30.8 Å². The zero-order valence-corrected chi connectivity index (χ0v) is 33.8. The van der Waals surface area contributed by atoms with Gasteiger partial charge in [0.05, 0.1) is 13.2 Å². The number of benzene rings is 2. The second-order valence-electron chi connectivity index (χ2n) is 15.1. The van der Waals surface area contributed by atoms with E-state index in [1.165, 1.54) is 22.3 Å². The van der Waals surface area contributed by atoms with E-state index in [1.54, 1.807) is 12.4 Å². The first-order chi connectivity index (χ1) is 25.8. The van der Waals surface area contributed by atoms with Crippen LogP contribution in [0.5, 0.6) is 11.5 Å². The second-order valence-corrected chi connectivity index (χ2v) is 20.4. The third-order valence-electron chi connectivity index (χ3n) is 11.1. The van der Waals surface area contributed by atoms with Gasteiger partial charge in [0.1, 0.15) is 17.3 Å². The van der Waals surface area contributed by atoms with Crippen LogP contribution in [0.3, 0.4) is 0 Å². The predicted octanol–water partition coefficient (Wildman–Crippen LogP) is 5.87. The van der Waals surface area contributed by atoms with Gasteiger partial charge in [-0.2, -0.15) is 0 Å². The highest BCUT2D eigenvalue weighted by Crippen LogP contribution is 2.33. The van der Waals surface area contributed by atoms with Crippen LogP contribution in [0.2, 0.25) is 0 Å². The number of hydrogen-bond acceptors (Lipinski definition) is 11. The second kappa shape index (κ2) is 15.9. The molecule has 0 spiro atoms. The average Bonchev–Trinajstić information content (AvgIpc) is 3.86. The molecule has 2 N–H and O–H groups in total. The van der Waals surface area contributed by atoms with E-state index in [2.05, 4.69) is 96.5 Å². The molecule has 2 fully saturated rings. The first-order valence-electron chi connectivity index (χ1n) is 18.8. The summed E-state index contributed by atoms with van der Waals surface area (Å²) in [6.07, 6.45) is 11.1. The lowest BCUT2D eigenvalue weighted by atomic mass is 10.0. The van der Waals surface area contributed by atoms with E-state index in [9.17, 15) is 0 Å². The summed E-state index contributed by atoms with van der Waals surface area (Å²) in [6.45, 7) is 13.9. The predicted molar refractivity (Wildman–Crippen MR) is 225 cm³/mol. The molecular formula is C41H55N9O2S2. The van der Waals surface area contributed by atoms with Gasteiger partial charge < -0.3 is 19.3 Å². The number of pyridine rings is 1. The molecule has 4 aromatic rings. The standard InChI is InChI=1S/C21H28N4OS.C20H27N5OS/c1-16(18-5-4-17-8-13-26-20(17)14-18)24-9-11-25(12-10-24)21-7-6-19(15-23-21)27(2,3)22;1-15(17-5-4-16-6-11-26-19(16)12-17)24-7-9-25(10-8-24)20-22-13-18(14-23-20)27(2,3)21/h4-7,14-16,22H,2,8-13H2,1,3H3;4-5,12-15,21H,2,6-11H2,1,3H3. The first-order valence-corrected chi connectivity index (χ1v) is 23.2. The lowest BCUT2D eigenvalue weighted by molar-refractivity contribution is 0.197. The molecule has 13 heteroatoms. The van der Waals surface area contributed by atoms with Crippen LogP contribution < -0.4 is 19.3 Å². The van der Waals surface area contributed by atoms with Gasteiger partial charge in [0, 0.05) is 106 Å². The molecule has 0 radical (unpaired) electrons. The Morgan fingerprint density at radius 3 is 1.52 bits per heavy atom. The Hall–Kier alpha value is -4.17. The van der Waals surface area contributed by atoms with E-state index in [4.69, 9.17) is 19.0 Å². The number of ether oxygens (including phenoxy) is 2. The number of fused-ring (bicyclic) bond motifs is 2. The van der Waals surface area contributed by atoms with Gasteiger partial charge in [0.15, 0.2) is 0 Å². The molecule has 4 aliphatic heterocycles. The number of nitrogens with one attached hydrogen (secondary N) is 2. The fourth-order valence-electron chi connectivity index (χ4n) is 7.49. The molecule has 8 rings (SSSR count). The summed E-state index contributed by atoms with van der Waals surface area (Å²) in [5, 5.41) is 0. The summed E-state index contributed by atoms with van der Waals surface area (Å²) < 4.78 is 27.6. The maximum atomic E-state index is 8.09. The van der Waals surface area contributed by atoms with Gasteiger partial charge in [0.2, 0.25) is 5.95 Å². The smallest absolute Gasteiger partial charge is 0.225 e. The largest absolute Gasteiger partial charge is 0.493 e. The Morgan fingerprint density at radius 2 is 1.07 bits per heavy atom. The number of nitrogens with zero attached hydrogens (tertiary/aromatic N) is 7. The normalized spacial score (nSPS) is 20.6. The Bertz CT molecular complexity index is 1990. The van der Waals surface area contributed by atoms with Gasteiger partial charge in [-0.3, -0.25) is 19.4 Å². The molecule has 0 bridgehead atoms. The van der Waals surface area contributed by atoms with Crippen molar-refractivity contribution in [3.05, 3.63) is 89.4 Å². The van der Waals surface area contributed by atoms with Crippen LogP contribution >= 0.6 is 0 Å². The van der Waals surface area contributed by atoms with E-state index >= 15 is 0 Å². The van der Waals surface area contributed by atoms with Crippen molar-refractivity contribution in [1.82, 2.24) is 24.8 Å². The molecule has 288 valence electrons. The van der Waals surface area contributed by atoms with E-state index in [-0.39, 0.29) is 0 Å².